The Kier molecular flexibility index (Phi) is 8.22. The van der Waals surface area contributed by atoms with Crippen LogP contribution in [0.1, 0.15) is 51.9 Å². The highest BCUT2D eigenvalue weighted by Gasteiger charge is 2.14. The van der Waals surface area contributed by atoms with Crippen molar-refractivity contribution in [2.45, 2.75) is 71.5 Å². The Morgan fingerprint density at radius 3 is 2.06 bits per heavy atom. The van der Waals surface area contributed by atoms with Gasteiger partial charge in [-0.2, -0.15) is 0 Å². The Morgan fingerprint density at radius 2 is 1.59 bits per heavy atom. The Bertz CT molecular complexity index is 251. The van der Waals surface area contributed by atoms with Gasteiger partial charge >= 0.3 is 5.97 Å². The molecule has 17 heavy (non-hydrogen) atoms. The SMILES string of the molecule is CCCCCCCC/C(=C\[Si](C)(C)C)C(=O)O. The van der Waals surface area contributed by atoms with Gasteiger partial charge in [-0.15, -0.1) is 0 Å². The second-order valence-corrected chi connectivity index (χ2v) is 10.9. The third-order valence-corrected chi connectivity index (χ3v) is 3.90. The van der Waals surface area contributed by atoms with Gasteiger partial charge in [0.15, 0.2) is 0 Å². The molecule has 1 N–H and O–H groups in total. The predicted molar refractivity (Wildman–Crippen MR) is 77.1 cm³/mol. The molecule has 0 aliphatic heterocycles. The highest BCUT2D eigenvalue weighted by atomic mass is 28.3. The Balaban J connectivity index is 3.96. The average Bonchev–Trinajstić information content (AvgIpc) is 2.19. The van der Waals surface area contributed by atoms with E-state index >= 15 is 0 Å². The Hall–Kier alpha value is -0.573. The normalized spacial score (nSPS) is 12.8. The summed E-state index contributed by atoms with van der Waals surface area (Å²) in [6.07, 6.45) is 8.02. The minimum Gasteiger partial charge on any atom is -0.478 e. The number of carboxylic acid groups (broad SMARTS) is 1. The van der Waals surface area contributed by atoms with Crippen LogP contribution in [0.25, 0.3) is 0 Å². The molecule has 0 aliphatic carbocycles. The quantitative estimate of drug-likeness (QED) is 0.371. The average molecular weight is 256 g/mol. The van der Waals surface area contributed by atoms with Crippen molar-refractivity contribution in [3.05, 3.63) is 11.3 Å². The number of carboxylic acids is 1. The molecule has 0 saturated carbocycles. The van der Waals surface area contributed by atoms with Gasteiger partial charge < -0.3 is 5.11 Å². The lowest BCUT2D eigenvalue weighted by atomic mass is 10.1. The summed E-state index contributed by atoms with van der Waals surface area (Å²) in [5, 5.41) is 9.13. The zero-order valence-corrected chi connectivity index (χ0v) is 12.9. The van der Waals surface area contributed by atoms with Gasteiger partial charge in [0.05, 0.1) is 8.07 Å². The summed E-state index contributed by atoms with van der Waals surface area (Å²) >= 11 is 0. The largest absolute Gasteiger partial charge is 0.478 e. The van der Waals surface area contributed by atoms with Crippen LogP contribution in [0.2, 0.25) is 19.6 Å². The van der Waals surface area contributed by atoms with E-state index in [1.807, 2.05) is 5.70 Å². The third-order valence-electron chi connectivity index (χ3n) is 2.68. The maximum absolute atomic E-state index is 11.1. The van der Waals surface area contributed by atoms with Gasteiger partial charge in [0.1, 0.15) is 0 Å². The maximum Gasteiger partial charge on any atom is 0.330 e. The van der Waals surface area contributed by atoms with E-state index in [2.05, 4.69) is 26.6 Å². The minimum atomic E-state index is -1.41. The molecule has 2 nitrogen and oxygen atoms in total. The molecular formula is C14H28O2Si. The van der Waals surface area contributed by atoms with Gasteiger partial charge in [-0.3, -0.25) is 0 Å². The van der Waals surface area contributed by atoms with Crippen LogP contribution in [0.3, 0.4) is 0 Å². The molecule has 0 fully saturated rings. The molecule has 0 radical (unpaired) electrons. The van der Waals surface area contributed by atoms with Crippen molar-refractivity contribution in [2.24, 2.45) is 0 Å². The van der Waals surface area contributed by atoms with Crippen molar-refractivity contribution in [3.8, 4) is 0 Å². The lowest BCUT2D eigenvalue weighted by molar-refractivity contribution is -0.132. The molecule has 0 bridgehead atoms. The Morgan fingerprint density at radius 1 is 1.06 bits per heavy atom. The topological polar surface area (TPSA) is 37.3 Å². The van der Waals surface area contributed by atoms with E-state index in [9.17, 15) is 4.79 Å². The number of unbranched alkanes of at least 4 members (excludes halogenated alkanes) is 5. The zero-order valence-electron chi connectivity index (χ0n) is 11.9. The molecule has 0 amide bonds. The molecule has 0 atom stereocenters. The summed E-state index contributed by atoms with van der Waals surface area (Å²) in [5.74, 6) is -0.721. The van der Waals surface area contributed by atoms with Gasteiger partial charge in [-0.25, -0.2) is 4.79 Å². The number of aliphatic carboxylic acids is 1. The van der Waals surface area contributed by atoms with Crippen LogP contribution in [0.5, 0.6) is 0 Å². The van der Waals surface area contributed by atoms with Crippen molar-refractivity contribution in [2.75, 3.05) is 0 Å². The minimum absolute atomic E-state index is 0.639. The van der Waals surface area contributed by atoms with E-state index < -0.39 is 14.0 Å². The number of hydrogen-bond donors (Lipinski definition) is 1. The summed E-state index contributed by atoms with van der Waals surface area (Å²) < 4.78 is 0. The molecule has 0 spiro atoms. The predicted octanol–water partition coefficient (Wildman–Crippen LogP) is 4.63. The van der Waals surface area contributed by atoms with Crippen molar-refractivity contribution >= 4 is 14.0 Å². The number of hydrogen-bond acceptors (Lipinski definition) is 1. The molecule has 0 heterocycles. The van der Waals surface area contributed by atoms with Gasteiger partial charge in [0.25, 0.3) is 0 Å². The van der Waals surface area contributed by atoms with Crippen LogP contribution in [0, 0.1) is 0 Å². The summed E-state index contributed by atoms with van der Waals surface area (Å²) in [6.45, 7) is 8.74. The first kappa shape index (κ1) is 16.4. The molecule has 0 saturated heterocycles. The van der Waals surface area contributed by atoms with Gasteiger partial charge in [-0.05, 0) is 12.8 Å². The van der Waals surface area contributed by atoms with E-state index in [1.165, 1.54) is 25.7 Å². The van der Waals surface area contributed by atoms with Crippen LogP contribution in [0.15, 0.2) is 11.3 Å². The maximum atomic E-state index is 11.1. The molecule has 0 unspecified atom stereocenters. The lowest BCUT2D eigenvalue weighted by Gasteiger charge is -2.12. The van der Waals surface area contributed by atoms with E-state index in [0.717, 1.165) is 19.3 Å². The summed E-state index contributed by atoms with van der Waals surface area (Å²) in [4.78, 5) is 11.1. The molecule has 0 aromatic carbocycles. The molecule has 100 valence electrons. The first-order valence-corrected chi connectivity index (χ1v) is 10.4. The van der Waals surface area contributed by atoms with Crippen molar-refractivity contribution in [3.63, 3.8) is 0 Å². The fourth-order valence-corrected chi connectivity index (χ4v) is 3.17. The zero-order chi connectivity index (χ0) is 13.3. The molecule has 0 aromatic rings. The third kappa shape index (κ3) is 10.3. The molecule has 0 rings (SSSR count). The summed E-state index contributed by atoms with van der Waals surface area (Å²) in [5.41, 5.74) is 2.67. The highest BCUT2D eigenvalue weighted by molar-refractivity contribution is 6.81. The van der Waals surface area contributed by atoms with Gasteiger partial charge in [0, 0.05) is 5.57 Å². The number of rotatable bonds is 9. The van der Waals surface area contributed by atoms with Crippen molar-refractivity contribution in [1.29, 1.82) is 0 Å². The first-order valence-electron chi connectivity index (χ1n) is 6.82. The smallest absolute Gasteiger partial charge is 0.330 e. The molecular weight excluding hydrogens is 228 g/mol. The fourth-order valence-electron chi connectivity index (χ4n) is 1.86. The second-order valence-electron chi connectivity index (χ2n) is 5.86. The second kappa shape index (κ2) is 8.51. The molecule has 0 aliphatic rings. The number of carbonyl (C=O) groups is 1. The van der Waals surface area contributed by atoms with E-state index in [0.29, 0.717) is 5.57 Å². The fraction of sp³-hybridized carbons (Fsp3) is 0.786. The standard InChI is InChI=1S/C14H28O2Si/c1-5-6-7-8-9-10-11-13(14(15)16)12-17(2,3)4/h12H,5-11H2,1-4H3,(H,15,16)/b13-12+. The molecule has 0 aromatic heterocycles. The monoisotopic (exact) mass is 256 g/mol. The first-order chi connectivity index (χ1) is 7.87. The lowest BCUT2D eigenvalue weighted by Crippen LogP contribution is -2.19. The van der Waals surface area contributed by atoms with E-state index in [1.54, 1.807) is 0 Å². The Labute approximate surface area is 107 Å². The summed E-state index contributed by atoms with van der Waals surface area (Å²) in [6, 6.07) is 0. The highest BCUT2D eigenvalue weighted by Crippen LogP contribution is 2.15. The van der Waals surface area contributed by atoms with Crippen LogP contribution in [-0.4, -0.2) is 19.1 Å². The van der Waals surface area contributed by atoms with Gasteiger partial charge in [0.2, 0.25) is 0 Å². The van der Waals surface area contributed by atoms with E-state index in [-0.39, 0.29) is 0 Å². The summed E-state index contributed by atoms with van der Waals surface area (Å²) in [7, 11) is -1.41. The van der Waals surface area contributed by atoms with Crippen LogP contribution < -0.4 is 0 Å². The van der Waals surface area contributed by atoms with Crippen LogP contribution in [-0.2, 0) is 4.79 Å². The van der Waals surface area contributed by atoms with Crippen LogP contribution in [0.4, 0.5) is 0 Å². The van der Waals surface area contributed by atoms with Crippen molar-refractivity contribution in [1.82, 2.24) is 0 Å². The van der Waals surface area contributed by atoms with E-state index in [4.69, 9.17) is 5.11 Å². The molecule has 3 heteroatoms. The van der Waals surface area contributed by atoms with Gasteiger partial charge in [-0.1, -0.05) is 64.4 Å². The van der Waals surface area contributed by atoms with Crippen LogP contribution >= 0.6 is 0 Å². The van der Waals surface area contributed by atoms with Crippen molar-refractivity contribution < 1.29 is 9.90 Å².